The monoisotopic (exact) mass is 289 g/mol. The third-order valence-electron chi connectivity index (χ3n) is 3.32. The molecule has 0 fully saturated rings. The highest BCUT2D eigenvalue weighted by Gasteiger charge is 2.37. The van der Waals surface area contributed by atoms with Crippen molar-refractivity contribution in [2.45, 2.75) is 19.9 Å². The topological polar surface area (TPSA) is 37.4 Å². The van der Waals surface area contributed by atoms with Gasteiger partial charge in [0.05, 0.1) is 17.8 Å². The number of fused-ring (bicyclic) bond motifs is 1. The number of amides is 1. The second-order valence-electron chi connectivity index (χ2n) is 4.58. The van der Waals surface area contributed by atoms with Crippen molar-refractivity contribution in [2.75, 3.05) is 4.90 Å². The highest BCUT2D eigenvalue weighted by atomic mass is 32.1. The Balaban J connectivity index is 1.98. The molecule has 0 atom stereocenters. The van der Waals surface area contributed by atoms with Gasteiger partial charge in [-0.25, -0.2) is 4.39 Å². The van der Waals surface area contributed by atoms with E-state index in [-0.39, 0.29) is 17.8 Å². The van der Waals surface area contributed by atoms with Gasteiger partial charge in [0.25, 0.3) is 11.7 Å². The molecule has 1 aromatic carbocycles. The first-order valence-corrected chi connectivity index (χ1v) is 7.15. The molecule has 0 saturated carbocycles. The minimum absolute atomic E-state index is 0.106. The van der Waals surface area contributed by atoms with E-state index in [1.165, 1.54) is 28.0 Å². The van der Waals surface area contributed by atoms with Gasteiger partial charge in [0.2, 0.25) is 0 Å². The van der Waals surface area contributed by atoms with Gasteiger partial charge < -0.3 is 0 Å². The van der Waals surface area contributed by atoms with Crippen LogP contribution in [0.25, 0.3) is 0 Å². The molecule has 1 aliphatic heterocycles. The molecule has 3 nitrogen and oxygen atoms in total. The molecule has 20 heavy (non-hydrogen) atoms. The maximum Gasteiger partial charge on any atom is 0.299 e. The molecule has 0 N–H and O–H groups in total. The lowest BCUT2D eigenvalue weighted by molar-refractivity contribution is -0.114. The first-order valence-electron chi connectivity index (χ1n) is 6.34. The maximum absolute atomic E-state index is 13.9. The zero-order chi connectivity index (χ0) is 14.3. The third kappa shape index (κ3) is 1.94. The molecule has 0 bridgehead atoms. The van der Waals surface area contributed by atoms with Gasteiger partial charge in [-0.3, -0.25) is 14.5 Å². The predicted octanol–water partition coefficient (Wildman–Crippen LogP) is 3.18. The van der Waals surface area contributed by atoms with Crippen LogP contribution in [0.5, 0.6) is 0 Å². The summed E-state index contributed by atoms with van der Waals surface area (Å²) in [4.78, 5) is 27.2. The number of ketones is 1. The van der Waals surface area contributed by atoms with E-state index in [2.05, 4.69) is 6.92 Å². The van der Waals surface area contributed by atoms with Crippen LogP contribution in [0.1, 0.15) is 27.0 Å². The number of anilines is 1. The Kier molecular flexibility index (Phi) is 3.14. The van der Waals surface area contributed by atoms with E-state index < -0.39 is 17.5 Å². The molecular formula is C15H12FNO2S. The molecule has 2 aromatic rings. The fourth-order valence-electron chi connectivity index (χ4n) is 2.32. The van der Waals surface area contributed by atoms with E-state index in [9.17, 15) is 14.0 Å². The number of nitrogens with zero attached hydrogens (tertiary/aromatic N) is 1. The van der Waals surface area contributed by atoms with Gasteiger partial charge in [-0.2, -0.15) is 0 Å². The predicted molar refractivity (Wildman–Crippen MR) is 75.6 cm³/mol. The number of rotatable bonds is 3. The number of aryl methyl sites for hydroxylation is 1. The third-order valence-corrected chi connectivity index (χ3v) is 4.53. The second-order valence-corrected chi connectivity index (χ2v) is 5.83. The van der Waals surface area contributed by atoms with Crippen LogP contribution in [-0.4, -0.2) is 11.7 Å². The SMILES string of the molecule is CCc1ccc(CN2C(=O)C(=O)c3cccc(F)c32)s1. The molecule has 1 aliphatic rings. The summed E-state index contributed by atoms with van der Waals surface area (Å²) in [5.41, 5.74) is 0.260. The van der Waals surface area contributed by atoms with Crippen LogP contribution in [0.2, 0.25) is 0 Å². The Bertz CT molecular complexity index is 708. The van der Waals surface area contributed by atoms with Crippen LogP contribution in [0.15, 0.2) is 30.3 Å². The van der Waals surface area contributed by atoms with E-state index in [0.29, 0.717) is 0 Å². The lowest BCUT2D eigenvalue weighted by atomic mass is 10.1. The zero-order valence-corrected chi connectivity index (χ0v) is 11.7. The number of thiophene rings is 1. The van der Waals surface area contributed by atoms with Crippen molar-refractivity contribution >= 4 is 28.7 Å². The van der Waals surface area contributed by atoms with Crippen LogP contribution in [-0.2, 0) is 17.8 Å². The molecule has 0 saturated heterocycles. The standard InChI is InChI=1S/C15H12FNO2S/c1-2-9-6-7-10(20-9)8-17-13-11(14(18)15(17)19)4-3-5-12(13)16/h3-7H,2,8H2,1H3. The fraction of sp³-hybridized carbons (Fsp3) is 0.200. The largest absolute Gasteiger partial charge is 0.299 e. The van der Waals surface area contributed by atoms with Crippen molar-refractivity contribution < 1.29 is 14.0 Å². The van der Waals surface area contributed by atoms with Gasteiger partial charge in [-0.15, -0.1) is 11.3 Å². The lowest BCUT2D eigenvalue weighted by Crippen LogP contribution is -2.29. The average Bonchev–Trinajstić information content (AvgIpc) is 2.99. The smallest absolute Gasteiger partial charge is 0.297 e. The fourth-order valence-corrected chi connectivity index (χ4v) is 3.26. The van der Waals surface area contributed by atoms with Gasteiger partial charge in [0, 0.05) is 9.75 Å². The highest BCUT2D eigenvalue weighted by molar-refractivity contribution is 7.12. The van der Waals surface area contributed by atoms with Crippen molar-refractivity contribution in [3.63, 3.8) is 0 Å². The zero-order valence-electron chi connectivity index (χ0n) is 10.9. The molecule has 0 spiro atoms. The minimum atomic E-state index is -0.656. The molecule has 2 heterocycles. The number of hydrogen-bond donors (Lipinski definition) is 0. The van der Waals surface area contributed by atoms with Gasteiger partial charge in [-0.05, 0) is 30.7 Å². The number of halogens is 1. The number of hydrogen-bond acceptors (Lipinski definition) is 3. The van der Waals surface area contributed by atoms with E-state index in [1.54, 1.807) is 11.3 Å². The summed E-state index contributed by atoms with van der Waals surface area (Å²) in [5.74, 6) is -1.82. The van der Waals surface area contributed by atoms with E-state index >= 15 is 0 Å². The molecular weight excluding hydrogens is 277 g/mol. The van der Waals surface area contributed by atoms with Crippen molar-refractivity contribution in [2.24, 2.45) is 0 Å². The van der Waals surface area contributed by atoms with Gasteiger partial charge >= 0.3 is 0 Å². The average molecular weight is 289 g/mol. The number of benzene rings is 1. The quantitative estimate of drug-likeness (QED) is 0.814. The summed E-state index contributed by atoms with van der Waals surface area (Å²) in [7, 11) is 0. The normalized spacial score (nSPS) is 14.0. The summed E-state index contributed by atoms with van der Waals surface area (Å²) in [6, 6.07) is 8.11. The first kappa shape index (κ1) is 13.0. The Hall–Kier alpha value is -2.01. The summed E-state index contributed by atoms with van der Waals surface area (Å²) in [5, 5.41) is 0. The Morgan fingerprint density at radius 3 is 2.60 bits per heavy atom. The second kappa shape index (κ2) is 4.83. The molecule has 102 valence electrons. The molecule has 0 radical (unpaired) electrons. The van der Waals surface area contributed by atoms with Gasteiger partial charge in [0.15, 0.2) is 0 Å². The van der Waals surface area contributed by atoms with Crippen molar-refractivity contribution in [1.29, 1.82) is 0 Å². The Morgan fingerprint density at radius 2 is 1.90 bits per heavy atom. The van der Waals surface area contributed by atoms with E-state index in [1.807, 2.05) is 12.1 Å². The molecule has 0 aliphatic carbocycles. The molecule has 1 amide bonds. The molecule has 5 heteroatoms. The number of para-hydroxylation sites is 1. The van der Waals surface area contributed by atoms with Crippen LogP contribution < -0.4 is 4.90 Å². The van der Waals surface area contributed by atoms with Crippen LogP contribution in [0.3, 0.4) is 0 Å². The number of carbonyl (C=O) groups is 2. The Labute approximate surface area is 119 Å². The number of Topliss-reactive ketones (excluding diaryl/α,β-unsaturated/α-hetero) is 1. The number of carbonyl (C=O) groups excluding carboxylic acids is 2. The van der Waals surface area contributed by atoms with E-state index in [4.69, 9.17) is 0 Å². The molecule has 1 aromatic heterocycles. The van der Waals surface area contributed by atoms with Gasteiger partial charge in [0.1, 0.15) is 5.82 Å². The van der Waals surface area contributed by atoms with E-state index in [0.717, 1.165) is 11.3 Å². The van der Waals surface area contributed by atoms with Crippen molar-refractivity contribution in [1.82, 2.24) is 0 Å². The van der Waals surface area contributed by atoms with Crippen molar-refractivity contribution in [3.8, 4) is 0 Å². The van der Waals surface area contributed by atoms with Crippen LogP contribution in [0.4, 0.5) is 10.1 Å². The maximum atomic E-state index is 13.9. The Morgan fingerprint density at radius 1 is 1.15 bits per heavy atom. The summed E-state index contributed by atoms with van der Waals surface area (Å²) in [6.45, 7) is 2.29. The minimum Gasteiger partial charge on any atom is -0.297 e. The van der Waals surface area contributed by atoms with Crippen molar-refractivity contribution in [3.05, 3.63) is 51.5 Å². The highest BCUT2D eigenvalue weighted by Crippen LogP contribution is 2.33. The summed E-state index contributed by atoms with van der Waals surface area (Å²) in [6.07, 6.45) is 0.919. The summed E-state index contributed by atoms with van der Waals surface area (Å²) < 4.78 is 13.9. The summed E-state index contributed by atoms with van der Waals surface area (Å²) >= 11 is 1.58. The van der Waals surface area contributed by atoms with Crippen LogP contribution >= 0.6 is 11.3 Å². The molecule has 0 unspecified atom stereocenters. The van der Waals surface area contributed by atoms with Gasteiger partial charge in [-0.1, -0.05) is 13.0 Å². The molecule has 3 rings (SSSR count). The van der Waals surface area contributed by atoms with Crippen LogP contribution in [0, 0.1) is 5.82 Å². The first-order chi connectivity index (χ1) is 9.61. The lowest BCUT2D eigenvalue weighted by Gasteiger charge is -2.15.